The molecule has 1 aliphatic heterocycles. The van der Waals surface area contributed by atoms with E-state index in [4.69, 9.17) is 4.74 Å². The summed E-state index contributed by atoms with van der Waals surface area (Å²) in [6.45, 7) is 3.46. The van der Waals surface area contributed by atoms with E-state index in [1.54, 1.807) is 19.5 Å². The number of aromatic nitrogens is 4. The minimum absolute atomic E-state index is 0.0718. The smallest absolute Gasteiger partial charge is 0.237 e. The number of methoxy groups -OCH3 is 1. The van der Waals surface area contributed by atoms with Crippen LogP contribution in [0.4, 0.5) is 5.69 Å². The zero-order chi connectivity index (χ0) is 19.5. The normalized spacial score (nSPS) is 12.9. The summed E-state index contributed by atoms with van der Waals surface area (Å²) < 4.78 is 7.29. The molecular formula is C20H21N5O2S. The third-order valence-corrected chi connectivity index (χ3v) is 5.71. The molecule has 0 aliphatic carbocycles. The Bertz CT molecular complexity index is 990. The van der Waals surface area contributed by atoms with Crippen LogP contribution in [-0.4, -0.2) is 45.1 Å². The van der Waals surface area contributed by atoms with Gasteiger partial charge in [0.15, 0.2) is 11.0 Å². The summed E-state index contributed by atoms with van der Waals surface area (Å²) in [7, 11) is 1.65. The number of rotatable bonds is 6. The lowest BCUT2D eigenvalue weighted by molar-refractivity contribution is -0.116. The van der Waals surface area contributed by atoms with Gasteiger partial charge in [-0.15, -0.1) is 10.2 Å². The fourth-order valence-corrected chi connectivity index (χ4v) is 4.24. The average Bonchev–Trinajstić information content (AvgIpc) is 3.35. The number of ether oxygens (including phenoxy) is 1. The minimum atomic E-state index is 0.0718. The first-order chi connectivity index (χ1) is 13.7. The van der Waals surface area contributed by atoms with Gasteiger partial charge < -0.3 is 14.2 Å². The summed E-state index contributed by atoms with van der Waals surface area (Å²) in [4.78, 5) is 18.8. The summed E-state index contributed by atoms with van der Waals surface area (Å²) in [6, 6.07) is 9.69. The van der Waals surface area contributed by atoms with Crippen LogP contribution in [0.15, 0.2) is 47.9 Å². The van der Waals surface area contributed by atoms with E-state index in [1.165, 1.54) is 11.8 Å². The van der Waals surface area contributed by atoms with Gasteiger partial charge in [-0.25, -0.2) is 0 Å². The highest BCUT2D eigenvalue weighted by atomic mass is 32.2. The van der Waals surface area contributed by atoms with Crippen molar-refractivity contribution in [2.45, 2.75) is 25.0 Å². The van der Waals surface area contributed by atoms with Crippen LogP contribution in [-0.2, 0) is 17.8 Å². The fourth-order valence-electron chi connectivity index (χ4n) is 3.36. The Kier molecular flexibility index (Phi) is 5.29. The number of carbonyl (C=O) groups excluding carboxylic acids is 1. The molecule has 0 atom stereocenters. The number of carbonyl (C=O) groups is 1. The SMILES string of the molecule is CCn1c(SCC(=O)N2CCc3cc(OC)ccc32)nnc1-c1cccnc1. The summed E-state index contributed by atoms with van der Waals surface area (Å²) in [5.74, 6) is 1.98. The molecule has 0 spiro atoms. The first-order valence-corrected chi connectivity index (χ1v) is 10.1. The molecule has 4 rings (SSSR count). The molecule has 144 valence electrons. The van der Waals surface area contributed by atoms with E-state index in [1.807, 2.05) is 46.7 Å². The van der Waals surface area contributed by atoms with Crippen LogP contribution < -0.4 is 9.64 Å². The second kappa shape index (κ2) is 8.02. The largest absolute Gasteiger partial charge is 0.497 e. The molecular weight excluding hydrogens is 374 g/mol. The van der Waals surface area contributed by atoms with Crippen molar-refractivity contribution in [1.82, 2.24) is 19.7 Å². The molecule has 1 amide bonds. The minimum Gasteiger partial charge on any atom is -0.497 e. The predicted octanol–water partition coefficient (Wildman–Crippen LogP) is 3.05. The third kappa shape index (κ3) is 3.47. The molecule has 0 fully saturated rings. The van der Waals surface area contributed by atoms with Gasteiger partial charge in [-0.1, -0.05) is 11.8 Å². The molecule has 2 aromatic heterocycles. The summed E-state index contributed by atoms with van der Waals surface area (Å²) in [5.41, 5.74) is 3.03. The second-order valence-electron chi connectivity index (χ2n) is 6.37. The van der Waals surface area contributed by atoms with Crippen LogP contribution in [0.5, 0.6) is 5.75 Å². The Labute approximate surface area is 167 Å². The lowest BCUT2D eigenvalue weighted by Gasteiger charge is -2.17. The maximum Gasteiger partial charge on any atom is 0.237 e. The predicted molar refractivity (Wildman–Crippen MR) is 109 cm³/mol. The van der Waals surface area contributed by atoms with Crippen molar-refractivity contribution in [1.29, 1.82) is 0 Å². The topological polar surface area (TPSA) is 73.1 Å². The second-order valence-corrected chi connectivity index (χ2v) is 7.31. The molecule has 28 heavy (non-hydrogen) atoms. The molecule has 0 saturated heterocycles. The number of anilines is 1. The molecule has 8 heteroatoms. The Morgan fingerprint density at radius 1 is 1.29 bits per heavy atom. The molecule has 0 unspecified atom stereocenters. The van der Waals surface area contributed by atoms with Crippen LogP contribution in [0.1, 0.15) is 12.5 Å². The number of hydrogen-bond donors (Lipinski definition) is 0. The van der Waals surface area contributed by atoms with E-state index in [0.29, 0.717) is 12.3 Å². The zero-order valence-electron chi connectivity index (χ0n) is 15.8. The molecule has 0 bridgehead atoms. The molecule has 1 aromatic carbocycles. The molecule has 0 saturated carbocycles. The number of benzene rings is 1. The maximum absolute atomic E-state index is 12.8. The molecule has 7 nitrogen and oxygen atoms in total. The van der Waals surface area contributed by atoms with Gasteiger partial charge in [0.05, 0.1) is 12.9 Å². The van der Waals surface area contributed by atoms with Crippen LogP contribution in [0.25, 0.3) is 11.4 Å². The van der Waals surface area contributed by atoms with Gasteiger partial charge in [-0.3, -0.25) is 9.78 Å². The number of hydrogen-bond acceptors (Lipinski definition) is 6. The van der Waals surface area contributed by atoms with Gasteiger partial charge in [0.1, 0.15) is 5.75 Å². The highest BCUT2D eigenvalue weighted by molar-refractivity contribution is 7.99. The van der Waals surface area contributed by atoms with Gasteiger partial charge in [0.2, 0.25) is 5.91 Å². The average molecular weight is 395 g/mol. The van der Waals surface area contributed by atoms with Crippen molar-refractivity contribution >= 4 is 23.4 Å². The van der Waals surface area contributed by atoms with E-state index in [2.05, 4.69) is 15.2 Å². The molecule has 0 radical (unpaired) electrons. The summed E-state index contributed by atoms with van der Waals surface area (Å²) in [5, 5.41) is 9.33. The Morgan fingerprint density at radius 2 is 2.18 bits per heavy atom. The van der Waals surface area contributed by atoms with Gasteiger partial charge in [0.25, 0.3) is 0 Å². The van der Waals surface area contributed by atoms with Crippen LogP contribution in [0.3, 0.4) is 0 Å². The lowest BCUT2D eigenvalue weighted by Crippen LogP contribution is -2.30. The van der Waals surface area contributed by atoms with Crippen molar-refractivity contribution in [2.75, 3.05) is 24.3 Å². The zero-order valence-corrected chi connectivity index (χ0v) is 16.6. The van der Waals surface area contributed by atoms with Crippen molar-refractivity contribution in [3.63, 3.8) is 0 Å². The van der Waals surface area contributed by atoms with Gasteiger partial charge >= 0.3 is 0 Å². The summed E-state index contributed by atoms with van der Waals surface area (Å²) >= 11 is 1.42. The first-order valence-electron chi connectivity index (χ1n) is 9.15. The number of pyridine rings is 1. The summed E-state index contributed by atoms with van der Waals surface area (Å²) in [6.07, 6.45) is 4.35. The van der Waals surface area contributed by atoms with Gasteiger partial charge in [-0.05, 0) is 49.2 Å². The third-order valence-electron chi connectivity index (χ3n) is 4.76. The number of fused-ring (bicyclic) bond motifs is 1. The van der Waals surface area contributed by atoms with E-state index >= 15 is 0 Å². The Morgan fingerprint density at radius 3 is 2.93 bits per heavy atom. The van der Waals surface area contributed by atoms with Crippen molar-refractivity contribution in [2.24, 2.45) is 0 Å². The van der Waals surface area contributed by atoms with Crippen molar-refractivity contribution in [3.05, 3.63) is 48.3 Å². The van der Waals surface area contributed by atoms with Gasteiger partial charge in [-0.2, -0.15) is 0 Å². The highest BCUT2D eigenvalue weighted by Crippen LogP contribution is 2.32. The highest BCUT2D eigenvalue weighted by Gasteiger charge is 2.25. The van der Waals surface area contributed by atoms with E-state index in [9.17, 15) is 4.79 Å². The fraction of sp³-hybridized carbons (Fsp3) is 0.300. The number of thioether (sulfide) groups is 1. The van der Waals surface area contributed by atoms with E-state index < -0.39 is 0 Å². The standard InChI is InChI=1S/C20H21N5O2S/c1-3-24-19(15-5-4-9-21-12-15)22-23-20(24)28-13-18(26)25-10-8-14-11-16(27-2)6-7-17(14)25/h4-7,9,11-12H,3,8,10,13H2,1-2H3. The number of nitrogens with zero attached hydrogens (tertiary/aromatic N) is 5. The maximum atomic E-state index is 12.8. The van der Waals surface area contributed by atoms with Gasteiger partial charge in [0, 0.05) is 36.7 Å². The molecule has 1 aliphatic rings. The number of amides is 1. The first kappa shape index (κ1) is 18.5. The van der Waals surface area contributed by atoms with Crippen molar-refractivity contribution in [3.8, 4) is 17.1 Å². The van der Waals surface area contributed by atoms with Crippen LogP contribution in [0, 0.1) is 0 Å². The lowest BCUT2D eigenvalue weighted by atomic mass is 10.1. The monoisotopic (exact) mass is 395 g/mol. The van der Waals surface area contributed by atoms with Crippen LogP contribution in [0.2, 0.25) is 0 Å². The Balaban J connectivity index is 1.47. The Hall–Kier alpha value is -2.87. The molecule has 3 aromatic rings. The van der Waals surface area contributed by atoms with Crippen molar-refractivity contribution < 1.29 is 9.53 Å². The quantitative estimate of drug-likeness (QED) is 0.598. The molecule has 3 heterocycles. The van der Waals surface area contributed by atoms with E-state index in [0.717, 1.165) is 46.5 Å². The molecule has 0 N–H and O–H groups in total. The van der Waals surface area contributed by atoms with E-state index in [-0.39, 0.29) is 5.91 Å². The van der Waals surface area contributed by atoms with Crippen LogP contribution >= 0.6 is 11.8 Å².